The minimum Gasteiger partial charge on any atom is -0.393 e. The van der Waals surface area contributed by atoms with Crippen LogP contribution in [0.2, 0.25) is 5.02 Å². The molecule has 3 rings (SSSR count). The van der Waals surface area contributed by atoms with E-state index >= 15 is 0 Å². The van der Waals surface area contributed by atoms with Gasteiger partial charge in [-0.25, -0.2) is 8.42 Å². The molecule has 2 aromatic carbocycles. The lowest BCUT2D eigenvalue weighted by molar-refractivity contribution is 0.121. The Morgan fingerprint density at radius 2 is 1.81 bits per heavy atom. The topological polar surface area (TPSA) is 69.4 Å². The van der Waals surface area contributed by atoms with E-state index < -0.39 is 20.5 Å². The number of halogens is 1. The monoisotopic (exact) mass is 409 g/mol. The van der Waals surface area contributed by atoms with Gasteiger partial charge in [-0.2, -0.15) is 0 Å². The van der Waals surface area contributed by atoms with Crippen LogP contribution >= 0.6 is 23.8 Å². The molecule has 3 atom stereocenters. The highest BCUT2D eigenvalue weighted by Crippen LogP contribution is 2.64. The Morgan fingerprint density at radius 3 is 2.35 bits per heavy atom. The van der Waals surface area contributed by atoms with Crippen molar-refractivity contribution in [2.75, 3.05) is 13.2 Å². The third-order valence-corrected chi connectivity index (χ3v) is 7.82. The molecule has 26 heavy (non-hydrogen) atoms. The Bertz CT molecular complexity index is 900. The number of benzene rings is 2. The predicted octanol–water partition coefficient (Wildman–Crippen LogP) is 3.59. The second kappa shape index (κ2) is 7.27. The first-order chi connectivity index (χ1) is 12.4. The van der Waals surface area contributed by atoms with Gasteiger partial charge in [0.05, 0.1) is 27.2 Å². The smallest absolute Gasteiger partial charge is 0.182 e. The number of thiocarbonyl (C=S) groups is 1. The zero-order chi connectivity index (χ0) is 18.9. The van der Waals surface area contributed by atoms with Crippen LogP contribution in [0.4, 0.5) is 0 Å². The number of hydrogen-bond donors (Lipinski definition) is 1. The van der Waals surface area contributed by atoms with Gasteiger partial charge in [0.2, 0.25) is 0 Å². The van der Waals surface area contributed by atoms with Crippen LogP contribution in [-0.2, 0) is 14.6 Å². The van der Waals surface area contributed by atoms with Gasteiger partial charge in [0.1, 0.15) is 0 Å². The zero-order valence-electron chi connectivity index (χ0n) is 14.3. The van der Waals surface area contributed by atoms with Crippen LogP contribution < -0.4 is 5.73 Å². The molecular formula is C19H20ClNO3S2. The van der Waals surface area contributed by atoms with Gasteiger partial charge in [0.15, 0.2) is 9.84 Å². The van der Waals surface area contributed by atoms with Crippen molar-refractivity contribution >= 4 is 38.6 Å². The predicted molar refractivity (Wildman–Crippen MR) is 107 cm³/mol. The van der Waals surface area contributed by atoms with Gasteiger partial charge in [-0.1, -0.05) is 54.2 Å². The normalized spacial score (nSPS) is 25.0. The van der Waals surface area contributed by atoms with Gasteiger partial charge < -0.3 is 10.5 Å². The van der Waals surface area contributed by atoms with E-state index in [9.17, 15) is 8.42 Å². The first-order valence-corrected chi connectivity index (χ1v) is 10.6. The van der Waals surface area contributed by atoms with Crippen LogP contribution in [0.15, 0.2) is 59.5 Å². The van der Waals surface area contributed by atoms with Crippen LogP contribution in [0.3, 0.4) is 0 Å². The standard InChI is InChI=1S/C19H20ClNO3S2/c1-2-24-12-19(18(21)25)16(13-8-10-14(20)11-9-13)17(19)26(22,23)15-6-4-3-5-7-15/h3-11,16-17H,2,12H2,1H3,(H2,21,25)/t16-,17-,19+/m1/s1. The maximum atomic E-state index is 13.3. The van der Waals surface area contributed by atoms with E-state index in [0.717, 1.165) is 5.56 Å². The zero-order valence-corrected chi connectivity index (χ0v) is 16.7. The van der Waals surface area contributed by atoms with E-state index in [1.54, 1.807) is 42.5 Å². The Hall–Kier alpha value is -1.47. The van der Waals surface area contributed by atoms with E-state index in [4.69, 9.17) is 34.3 Å². The molecule has 0 spiro atoms. The summed E-state index contributed by atoms with van der Waals surface area (Å²) < 4.78 is 32.3. The Balaban J connectivity index is 2.10. The van der Waals surface area contributed by atoms with Crippen LogP contribution in [0.5, 0.6) is 0 Å². The highest BCUT2D eigenvalue weighted by molar-refractivity contribution is 7.92. The average Bonchev–Trinajstić information content (AvgIpc) is 3.33. The summed E-state index contributed by atoms with van der Waals surface area (Å²) in [5.74, 6) is -0.367. The quantitative estimate of drug-likeness (QED) is 0.707. The Morgan fingerprint density at radius 1 is 1.19 bits per heavy atom. The first-order valence-electron chi connectivity index (χ1n) is 8.27. The number of ether oxygens (including phenoxy) is 1. The maximum Gasteiger partial charge on any atom is 0.182 e. The molecule has 0 amide bonds. The molecule has 7 heteroatoms. The van der Waals surface area contributed by atoms with Crippen molar-refractivity contribution in [3.63, 3.8) is 0 Å². The van der Waals surface area contributed by atoms with E-state index in [0.29, 0.717) is 11.6 Å². The summed E-state index contributed by atoms with van der Waals surface area (Å²) >= 11 is 11.3. The van der Waals surface area contributed by atoms with Gasteiger partial charge in [0, 0.05) is 17.5 Å². The maximum absolute atomic E-state index is 13.3. The summed E-state index contributed by atoms with van der Waals surface area (Å²) in [4.78, 5) is 0.425. The van der Waals surface area contributed by atoms with Gasteiger partial charge in [-0.05, 0) is 36.8 Å². The van der Waals surface area contributed by atoms with Crippen LogP contribution in [0.25, 0.3) is 0 Å². The summed E-state index contributed by atoms with van der Waals surface area (Å²) in [5, 5.41) is -0.176. The molecule has 0 heterocycles. The molecule has 0 radical (unpaired) electrons. The van der Waals surface area contributed by atoms with Crippen LogP contribution in [0.1, 0.15) is 18.4 Å². The van der Waals surface area contributed by atoms with Crippen molar-refractivity contribution < 1.29 is 13.2 Å². The van der Waals surface area contributed by atoms with Gasteiger partial charge in [-0.15, -0.1) is 0 Å². The molecule has 2 N–H and O–H groups in total. The second-order valence-corrected chi connectivity index (χ2v) is 9.30. The van der Waals surface area contributed by atoms with E-state index in [2.05, 4.69) is 0 Å². The van der Waals surface area contributed by atoms with Crippen LogP contribution in [0, 0.1) is 5.41 Å². The number of nitrogens with two attached hydrogens (primary N) is 1. The summed E-state index contributed by atoms with van der Waals surface area (Å²) in [6.45, 7) is 2.48. The molecule has 0 unspecified atom stereocenters. The van der Waals surface area contributed by atoms with E-state index in [-0.39, 0.29) is 22.4 Å². The lowest BCUT2D eigenvalue weighted by atomic mass is 10.00. The van der Waals surface area contributed by atoms with Crippen molar-refractivity contribution in [1.82, 2.24) is 0 Å². The molecule has 0 saturated heterocycles. The minimum atomic E-state index is -3.64. The van der Waals surface area contributed by atoms with E-state index in [1.807, 2.05) is 19.1 Å². The minimum absolute atomic E-state index is 0.162. The van der Waals surface area contributed by atoms with Crippen LogP contribution in [-0.4, -0.2) is 31.9 Å². The van der Waals surface area contributed by atoms with Crippen molar-refractivity contribution in [2.24, 2.45) is 11.1 Å². The lowest BCUT2D eigenvalue weighted by Crippen LogP contribution is -2.33. The largest absolute Gasteiger partial charge is 0.393 e. The van der Waals surface area contributed by atoms with Gasteiger partial charge in [0.25, 0.3) is 0 Å². The highest BCUT2D eigenvalue weighted by atomic mass is 35.5. The van der Waals surface area contributed by atoms with E-state index in [1.165, 1.54) is 0 Å². The Kier molecular flexibility index (Phi) is 5.40. The van der Waals surface area contributed by atoms with Crippen molar-refractivity contribution in [2.45, 2.75) is 23.0 Å². The summed E-state index contributed by atoms with van der Waals surface area (Å²) in [5.41, 5.74) is 5.97. The number of rotatable bonds is 7. The summed E-state index contributed by atoms with van der Waals surface area (Å²) in [7, 11) is -3.64. The second-order valence-electron chi connectivity index (χ2n) is 6.35. The molecular weight excluding hydrogens is 390 g/mol. The molecule has 0 aromatic heterocycles. The van der Waals surface area contributed by atoms with Crippen molar-refractivity contribution in [3.05, 3.63) is 65.2 Å². The van der Waals surface area contributed by atoms with Crippen molar-refractivity contribution in [3.8, 4) is 0 Å². The number of sulfone groups is 1. The molecule has 1 aliphatic carbocycles. The molecule has 2 aromatic rings. The fourth-order valence-electron chi connectivity index (χ4n) is 3.57. The van der Waals surface area contributed by atoms with Gasteiger partial charge >= 0.3 is 0 Å². The third-order valence-electron chi connectivity index (χ3n) is 4.90. The summed E-state index contributed by atoms with van der Waals surface area (Å²) in [6, 6.07) is 15.5. The molecule has 0 aliphatic heterocycles. The van der Waals surface area contributed by atoms with Crippen molar-refractivity contribution in [1.29, 1.82) is 0 Å². The molecule has 1 fully saturated rings. The lowest BCUT2D eigenvalue weighted by Gasteiger charge is -2.17. The Labute approximate surface area is 164 Å². The fraction of sp³-hybridized carbons (Fsp3) is 0.316. The SMILES string of the molecule is CCOC[C@]1(C(N)=S)[C@H](c2ccc(Cl)cc2)[C@H]1S(=O)(=O)c1ccccc1. The molecule has 138 valence electrons. The summed E-state index contributed by atoms with van der Waals surface area (Å²) in [6.07, 6.45) is 0. The first kappa shape index (κ1) is 19.3. The average molecular weight is 410 g/mol. The molecule has 1 saturated carbocycles. The molecule has 1 aliphatic rings. The van der Waals surface area contributed by atoms with Gasteiger partial charge in [-0.3, -0.25) is 0 Å². The molecule has 0 bridgehead atoms. The number of hydrogen-bond acceptors (Lipinski definition) is 4. The molecule has 4 nitrogen and oxygen atoms in total. The third kappa shape index (κ3) is 3.16. The highest BCUT2D eigenvalue weighted by Gasteiger charge is 2.73. The fourth-order valence-corrected chi connectivity index (χ4v) is 6.49.